The molecule has 0 atom stereocenters. The molecule has 1 aromatic carbocycles. The Morgan fingerprint density at radius 2 is 2.04 bits per heavy atom. The van der Waals surface area contributed by atoms with Crippen molar-refractivity contribution in [2.24, 2.45) is 0 Å². The third-order valence-electron chi connectivity index (χ3n) is 4.58. The van der Waals surface area contributed by atoms with Gasteiger partial charge in [-0.05, 0) is 37.5 Å². The lowest BCUT2D eigenvalue weighted by Gasteiger charge is -2.34. The lowest BCUT2D eigenvalue weighted by Crippen LogP contribution is -2.41. The summed E-state index contributed by atoms with van der Waals surface area (Å²) in [6, 6.07) is 12.1. The monoisotopic (exact) mass is 310 g/mol. The Morgan fingerprint density at radius 1 is 1.26 bits per heavy atom. The summed E-state index contributed by atoms with van der Waals surface area (Å²) in [5.41, 5.74) is 2.67. The number of carbonyl (C=O) groups is 1. The minimum Gasteiger partial charge on any atom is -0.496 e. The van der Waals surface area contributed by atoms with Crippen LogP contribution in [0.15, 0.2) is 42.6 Å². The number of carbonyl (C=O) groups excluding carboxylic acids is 1. The number of para-hydroxylation sites is 1. The van der Waals surface area contributed by atoms with E-state index >= 15 is 0 Å². The van der Waals surface area contributed by atoms with E-state index in [-0.39, 0.29) is 5.91 Å². The Kier molecular flexibility index (Phi) is 4.60. The summed E-state index contributed by atoms with van der Waals surface area (Å²) in [4.78, 5) is 18.7. The minimum absolute atomic E-state index is 0.0611. The fourth-order valence-corrected chi connectivity index (χ4v) is 2.84. The van der Waals surface area contributed by atoms with Crippen molar-refractivity contribution in [1.82, 2.24) is 9.88 Å². The second-order valence-electron chi connectivity index (χ2n) is 6.03. The van der Waals surface area contributed by atoms with Gasteiger partial charge in [0.1, 0.15) is 5.75 Å². The van der Waals surface area contributed by atoms with E-state index in [2.05, 4.69) is 4.98 Å². The van der Waals surface area contributed by atoms with Crippen LogP contribution in [0.4, 0.5) is 0 Å². The zero-order valence-electron chi connectivity index (χ0n) is 13.7. The van der Waals surface area contributed by atoms with Crippen LogP contribution in [0.25, 0.3) is 0 Å². The normalized spacial score (nSPS) is 14.2. The largest absolute Gasteiger partial charge is 0.496 e. The van der Waals surface area contributed by atoms with Crippen molar-refractivity contribution >= 4 is 5.91 Å². The molecule has 1 aliphatic carbocycles. The van der Waals surface area contributed by atoms with E-state index in [0.29, 0.717) is 18.0 Å². The predicted octanol–water partition coefficient (Wildman–Crippen LogP) is 3.31. The van der Waals surface area contributed by atoms with Crippen molar-refractivity contribution < 1.29 is 9.53 Å². The van der Waals surface area contributed by atoms with Crippen LogP contribution in [0.2, 0.25) is 0 Å². The lowest BCUT2D eigenvalue weighted by atomic mass is 9.91. The van der Waals surface area contributed by atoms with E-state index < -0.39 is 0 Å². The highest BCUT2D eigenvalue weighted by atomic mass is 16.5. The first-order valence-electron chi connectivity index (χ1n) is 8.03. The molecule has 1 aliphatic rings. The maximum atomic E-state index is 12.4. The summed E-state index contributed by atoms with van der Waals surface area (Å²) in [7, 11) is 3.55. The van der Waals surface area contributed by atoms with Crippen molar-refractivity contribution in [3.8, 4) is 5.75 Å². The van der Waals surface area contributed by atoms with Crippen LogP contribution in [0, 0.1) is 0 Å². The standard InChI is InChI=1S/C19H22N2O2/c1-21(17-7-5-8-17)19(22)15-10-11-16(20-13-15)12-14-6-3-4-9-18(14)23-2/h3-4,6,9-11,13,17H,5,7-8,12H2,1-2H3. The van der Waals surface area contributed by atoms with Crippen molar-refractivity contribution in [3.05, 3.63) is 59.4 Å². The molecule has 1 heterocycles. The van der Waals surface area contributed by atoms with Gasteiger partial charge in [-0.1, -0.05) is 18.2 Å². The maximum absolute atomic E-state index is 12.4. The van der Waals surface area contributed by atoms with Gasteiger partial charge >= 0.3 is 0 Å². The number of methoxy groups -OCH3 is 1. The molecule has 1 amide bonds. The van der Waals surface area contributed by atoms with Crippen molar-refractivity contribution in [2.45, 2.75) is 31.7 Å². The Hall–Kier alpha value is -2.36. The highest BCUT2D eigenvalue weighted by molar-refractivity contribution is 5.94. The molecule has 23 heavy (non-hydrogen) atoms. The number of nitrogens with zero attached hydrogens (tertiary/aromatic N) is 2. The third kappa shape index (κ3) is 3.36. The first kappa shape index (κ1) is 15.5. The van der Waals surface area contributed by atoms with Gasteiger partial charge in [0.15, 0.2) is 0 Å². The molecule has 4 heteroatoms. The molecule has 120 valence electrons. The smallest absolute Gasteiger partial charge is 0.255 e. The van der Waals surface area contributed by atoms with E-state index in [1.807, 2.05) is 48.3 Å². The molecule has 4 nitrogen and oxygen atoms in total. The molecule has 0 saturated heterocycles. The van der Waals surface area contributed by atoms with Gasteiger partial charge in [0, 0.05) is 37.0 Å². The van der Waals surface area contributed by atoms with Crippen LogP contribution in [-0.4, -0.2) is 36.0 Å². The Labute approximate surface area is 137 Å². The average molecular weight is 310 g/mol. The first-order chi connectivity index (χ1) is 11.2. The molecule has 1 saturated carbocycles. The summed E-state index contributed by atoms with van der Waals surface area (Å²) in [5, 5.41) is 0. The number of rotatable bonds is 5. The molecule has 0 N–H and O–H groups in total. The number of hydrogen-bond acceptors (Lipinski definition) is 3. The molecule has 1 aromatic heterocycles. The number of ether oxygens (including phenoxy) is 1. The van der Waals surface area contributed by atoms with Gasteiger partial charge in [0.2, 0.25) is 0 Å². The maximum Gasteiger partial charge on any atom is 0.255 e. The average Bonchev–Trinajstić information content (AvgIpc) is 2.54. The number of benzene rings is 1. The second kappa shape index (κ2) is 6.82. The van der Waals surface area contributed by atoms with Crippen LogP contribution >= 0.6 is 0 Å². The van der Waals surface area contributed by atoms with Gasteiger partial charge in [-0.15, -0.1) is 0 Å². The van der Waals surface area contributed by atoms with Crippen LogP contribution in [0.3, 0.4) is 0 Å². The number of amides is 1. The molecule has 0 unspecified atom stereocenters. The molecule has 3 rings (SSSR count). The van der Waals surface area contributed by atoms with E-state index in [1.54, 1.807) is 13.3 Å². The molecule has 0 bridgehead atoms. The summed E-state index contributed by atoms with van der Waals surface area (Å²) in [5.74, 6) is 0.921. The highest BCUT2D eigenvalue weighted by Crippen LogP contribution is 2.25. The summed E-state index contributed by atoms with van der Waals surface area (Å²) in [6.07, 6.45) is 5.82. The van der Waals surface area contributed by atoms with Gasteiger partial charge in [0.05, 0.1) is 12.7 Å². The van der Waals surface area contributed by atoms with Crippen LogP contribution in [0.5, 0.6) is 5.75 Å². The molecule has 2 aromatic rings. The van der Waals surface area contributed by atoms with Crippen molar-refractivity contribution in [1.29, 1.82) is 0 Å². The quantitative estimate of drug-likeness (QED) is 0.851. The van der Waals surface area contributed by atoms with Gasteiger partial charge in [0.25, 0.3) is 5.91 Å². The van der Waals surface area contributed by atoms with Crippen molar-refractivity contribution in [2.75, 3.05) is 14.2 Å². The van der Waals surface area contributed by atoms with Crippen LogP contribution in [0.1, 0.15) is 40.9 Å². The topological polar surface area (TPSA) is 42.4 Å². The van der Waals surface area contributed by atoms with Crippen LogP contribution < -0.4 is 4.74 Å². The van der Waals surface area contributed by atoms with E-state index in [1.165, 1.54) is 6.42 Å². The summed E-state index contributed by atoms with van der Waals surface area (Å²) in [6.45, 7) is 0. The Bertz CT molecular complexity index is 678. The summed E-state index contributed by atoms with van der Waals surface area (Å²) >= 11 is 0. The zero-order chi connectivity index (χ0) is 16.2. The van der Waals surface area contributed by atoms with Crippen LogP contribution in [-0.2, 0) is 6.42 Å². The Balaban J connectivity index is 1.70. The van der Waals surface area contributed by atoms with Gasteiger partial charge in [-0.2, -0.15) is 0 Å². The predicted molar refractivity (Wildman–Crippen MR) is 89.8 cm³/mol. The van der Waals surface area contributed by atoms with Crippen molar-refractivity contribution in [3.63, 3.8) is 0 Å². The SMILES string of the molecule is COc1ccccc1Cc1ccc(C(=O)N(C)C2CCC2)cn1. The first-order valence-corrected chi connectivity index (χ1v) is 8.03. The number of pyridine rings is 1. The van der Waals surface area contributed by atoms with E-state index in [9.17, 15) is 4.79 Å². The highest BCUT2D eigenvalue weighted by Gasteiger charge is 2.26. The summed E-state index contributed by atoms with van der Waals surface area (Å²) < 4.78 is 5.37. The zero-order valence-corrected chi connectivity index (χ0v) is 13.7. The minimum atomic E-state index is 0.0611. The fraction of sp³-hybridized carbons (Fsp3) is 0.368. The number of aromatic nitrogens is 1. The molecule has 1 fully saturated rings. The molecule has 0 aliphatic heterocycles. The fourth-order valence-electron chi connectivity index (χ4n) is 2.84. The van der Waals surface area contributed by atoms with E-state index in [0.717, 1.165) is 29.8 Å². The molecular formula is C19H22N2O2. The third-order valence-corrected chi connectivity index (χ3v) is 4.58. The Morgan fingerprint density at radius 3 is 2.65 bits per heavy atom. The van der Waals surface area contributed by atoms with E-state index in [4.69, 9.17) is 4.74 Å². The second-order valence-corrected chi connectivity index (χ2v) is 6.03. The molecular weight excluding hydrogens is 288 g/mol. The van der Waals surface area contributed by atoms with Gasteiger partial charge in [-0.25, -0.2) is 0 Å². The van der Waals surface area contributed by atoms with Gasteiger partial charge in [-0.3, -0.25) is 9.78 Å². The number of hydrogen-bond donors (Lipinski definition) is 0. The lowest BCUT2D eigenvalue weighted by molar-refractivity contribution is 0.0651. The molecule has 0 radical (unpaired) electrons. The van der Waals surface area contributed by atoms with Gasteiger partial charge < -0.3 is 9.64 Å². The molecule has 0 spiro atoms.